The molecule has 20 N–H and O–H groups in total. The maximum Gasteiger partial charge on any atom is 0.323 e. The van der Waals surface area contributed by atoms with Gasteiger partial charge in [-0.25, -0.2) is 4.98 Å². The summed E-state index contributed by atoms with van der Waals surface area (Å²) < 4.78 is 0. The summed E-state index contributed by atoms with van der Waals surface area (Å²) in [6.07, 6.45) is 1.47. The quantitative estimate of drug-likeness (QED) is 0.0172. The van der Waals surface area contributed by atoms with Crippen LogP contribution in [0.15, 0.2) is 47.8 Å². The zero-order valence-corrected chi connectivity index (χ0v) is 46.4. The van der Waals surface area contributed by atoms with Crippen molar-refractivity contribution in [3.05, 3.63) is 54.1 Å². The first-order chi connectivity index (χ1) is 37.8. The van der Waals surface area contributed by atoms with Gasteiger partial charge in [-0.3, -0.25) is 52.9 Å². The number of nitrogens with one attached hydrogen (secondary N) is 9. The second kappa shape index (κ2) is 35.7. The number of aromatic nitrogens is 2. The average molecular weight is 1130 g/mol. The Morgan fingerprint density at radius 1 is 0.688 bits per heavy atom. The number of guanidine groups is 1. The van der Waals surface area contributed by atoms with Gasteiger partial charge in [-0.2, -0.15) is 0 Å². The van der Waals surface area contributed by atoms with E-state index in [-0.39, 0.29) is 57.7 Å². The van der Waals surface area contributed by atoms with Gasteiger partial charge in [0.2, 0.25) is 53.2 Å². The number of hydrogen-bond donors (Lipinski definition) is 16. The molecule has 29 nitrogen and oxygen atoms in total. The van der Waals surface area contributed by atoms with Crippen LogP contribution in [0, 0.1) is 5.92 Å². The SMILES string of the molecule is CCCCN(CC(=O)O)C(=O)[C@@H](NC(=O)[C@H](CCCN)NC(=O)CNC(=O)[C@@H](NC(=O)[C@@H](NC(=O)[C@H](Cc1cnc[nH]1)NC(=O)[C@@H](Cc1ccccc1)NC(=O)[C@H](C)NC(=O)[C@@H](N)CCCN=C(N)N)[C@@H](C)O)[C@@H](C)O)C(C)CC. The number of aliphatic carboxylic acids is 1. The number of carbonyl (C=O) groups is 10. The van der Waals surface area contributed by atoms with Crippen molar-refractivity contribution >= 4 is 65.1 Å². The van der Waals surface area contributed by atoms with Crippen molar-refractivity contribution in [1.29, 1.82) is 0 Å². The number of carboxylic acid groups (broad SMARTS) is 1. The minimum absolute atomic E-state index is 0.00993. The number of unbranched alkanes of at least 4 members (excludes halogenated alkanes) is 1. The smallest absolute Gasteiger partial charge is 0.323 e. The van der Waals surface area contributed by atoms with Crippen molar-refractivity contribution < 1.29 is 63.3 Å². The molecule has 1 aromatic carbocycles. The first-order valence-corrected chi connectivity index (χ1v) is 26.6. The molecule has 0 radical (unpaired) electrons. The number of aliphatic hydroxyl groups excluding tert-OH is 2. The molecule has 0 aliphatic carbocycles. The zero-order valence-electron chi connectivity index (χ0n) is 46.4. The number of rotatable bonds is 37. The largest absolute Gasteiger partial charge is 0.480 e. The van der Waals surface area contributed by atoms with E-state index in [2.05, 4.69) is 57.5 Å². The molecule has 0 saturated carbocycles. The van der Waals surface area contributed by atoms with E-state index >= 15 is 0 Å². The molecule has 0 aliphatic heterocycles. The lowest BCUT2D eigenvalue weighted by molar-refractivity contribution is -0.146. The fourth-order valence-electron chi connectivity index (χ4n) is 7.82. The molecule has 0 aliphatic rings. The maximum atomic E-state index is 14.2. The average Bonchev–Trinajstić information content (AvgIpc) is 3.93. The third kappa shape index (κ3) is 24.5. The molecule has 446 valence electrons. The highest BCUT2D eigenvalue weighted by Crippen LogP contribution is 2.14. The molecule has 1 aromatic heterocycles. The van der Waals surface area contributed by atoms with E-state index in [9.17, 15) is 63.3 Å². The molecule has 0 spiro atoms. The second-order valence-corrected chi connectivity index (χ2v) is 19.5. The standard InChI is InChI=1S/C51H84N16O13/c1-7-9-21-67(26-39(71)72)50(80)40(28(3)8-2)64-45(75)35(18-13-19-52)61-38(70)25-58-48(78)41(30(5)68)66-49(79)42(31(6)69)65-47(77)37(23-33-24-56-27-59-33)63-46(76)36(22-32-15-11-10-12-16-32)62-43(73)29(4)60-44(74)34(53)17-14-20-57-51(54)55/h10-12,15-16,24,27-31,34-37,40-42,68-69H,7-9,13-14,17-23,25-26,52-53H2,1-6H3,(H,56,59)(H,58,78)(H,60,74)(H,61,70)(H,62,73)(H,63,76)(H,64,75)(H,65,77)(H,66,79)(H,71,72)(H4,54,55,57)/t28?,29-,30+,31+,34-,35-,36+,37-,40-,41-,42-/m0/s1. The summed E-state index contributed by atoms with van der Waals surface area (Å²) in [5, 5.41) is 50.8. The van der Waals surface area contributed by atoms with Crippen molar-refractivity contribution in [2.45, 2.75) is 160 Å². The van der Waals surface area contributed by atoms with Crippen molar-refractivity contribution in [2.24, 2.45) is 33.8 Å². The number of benzene rings is 1. The Labute approximate surface area is 465 Å². The van der Waals surface area contributed by atoms with Gasteiger partial charge in [-0.15, -0.1) is 0 Å². The fourth-order valence-corrected chi connectivity index (χ4v) is 7.82. The molecule has 1 heterocycles. The van der Waals surface area contributed by atoms with Crippen molar-refractivity contribution in [2.75, 3.05) is 32.7 Å². The molecule has 80 heavy (non-hydrogen) atoms. The minimum Gasteiger partial charge on any atom is -0.480 e. The van der Waals surface area contributed by atoms with Crippen LogP contribution in [0.3, 0.4) is 0 Å². The van der Waals surface area contributed by atoms with Crippen LogP contribution in [0.2, 0.25) is 0 Å². The molecule has 1 unspecified atom stereocenters. The molecule has 0 bridgehead atoms. The summed E-state index contributed by atoms with van der Waals surface area (Å²) >= 11 is 0. The van der Waals surface area contributed by atoms with Gasteiger partial charge >= 0.3 is 5.97 Å². The topological polar surface area (TPSA) is 476 Å². The van der Waals surface area contributed by atoms with Crippen LogP contribution in [-0.4, -0.2) is 189 Å². The zero-order chi connectivity index (χ0) is 60.1. The van der Waals surface area contributed by atoms with Crippen molar-refractivity contribution in [3.8, 4) is 0 Å². The number of nitrogens with zero attached hydrogens (tertiary/aromatic N) is 3. The summed E-state index contributed by atoms with van der Waals surface area (Å²) in [6.45, 7) is 8.17. The predicted molar refractivity (Wildman–Crippen MR) is 293 cm³/mol. The van der Waals surface area contributed by atoms with Crippen LogP contribution >= 0.6 is 0 Å². The van der Waals surface area contributed by atoms with E-state index in [4.69, 9.17) is 22.9 Å². The van der Waals surface area contributed by atoms with E-state index in [0.29, 0.717) is 36.9 Å². The first-order valence-electron chi connectivity index (χ1n) is 26.6. The predicted octanol–water partition coefficient (Wildman–Crippen LogP) is -4.63. The van der Waals surface area contributed by atoms with Crippen LogP contribution in [0.5, 0.6) is 0 Å². The fraction of sp³-hybridized carbons (Fsp3) is 0.608. The third-order valence-corrected chi connectivity index (χ3v) is 12.7. The van der Waals surface area contributed by atoms with E-state index < -0.39 is 139 Å². The highest BCUT2D eigenvalue weighted by Gasteiger charge is 2.37. The Hall–Kier alpha value is -7.76. The van der Waals surface area contributed by atoms with Crippen LogP contribution < -0.4 is 65.5 Å². The Morgan fingerprint density at radius 3 is 1.85 bits per heavy atom. The van der Waals surface area contributed by atoms with E-state index in [0.717, 1.165) is 18.7 Å². The molecule has 2 aromatic rings. The van der Waals surface area contributed by atoms with Crippen LogP contribution in [0.1, 0.15) is 97.7 Å². The van der Waals surface area contributed by atoms with Crippen molar-refractivity contribution in [3.63, 3.8) is 0 Å². The Morgan fingerprint density at radius 2 is 1.27 bits per heavy atom. The van der Waals surface area contributed by atoms with Gasteiger partial charge in [0, 0.05) is 37.8 Å². The van der Waals surface area contributed by atoms with Gasteiger partial charge in [-0.1, -0.05) is 63.9 Å². The number of aromatic amines is 1. The first kappa shape index (κ1) is 68.3. The Balaban J connectivity index is 2.28. The van der Waals surface area contributed by atoms with Gasteiger partial charge in [0.25, 0.3) is 0 Å². The van der Waals surface area contributed by atoms with Crippen LogP contribution in [0.25, 0.3) is 0 Å². The van der Waals surface area contributed by atoms with Crippen molar-refractivity contribution in [1.82, 2.24) is 57.4 Å². The molecule has 29 heteroatoms. The maximum absolute atomic E-state index is 14.2. The molecular formula is C51H84N16O13. The number of imidazole rings is 1. The Kier molecular flexibility index (Phi) is 30.5. The Bertz CT molecular complexity index is 2350. The summed E-state index contributed by atoms with van der Waals surface area (Å²) in [7, 11) is 0. The van der Waals surface area contributed by atoms with Gasteiger partial charge < -0.3 is 90.7 Å². The molecule has 2 rings (SSSR count). The number of carboxylic acids is 1. The number of aliphatic hydroxyl groups is 2. The lowest BCUT2D eigenvalue weighted by Gasteiger charge is -2.31. The molecule has 9 amide bonds. The number of nitrogens with two attached hydrogens (primary N) is 4. The molecule has 0 fully saturated rings. The normalized spacial score (nSPS) is 15.2. The highest BCUT2D eigenvalue weighted by molar-refractivity contribution is 5.98. The van der Waals surface area contributed by atoms with E-state index in [1.807, 2.05) is 6.92 Å². The lowest BCUT2D eigenvalue weighted by Crippen LogP contribution is -2.63. The number of H-pyrrole nitrogens is 1. The second-order valence-electron chi connectivity index (χ2n) is 19.5. The monoisotopic (exact) mass is 1130 g/mol. The molecule has 0 saturated heterocycles. The number of amides is 9. The van der Waals surface area contributed by atoms with Gasteiger partial charge in [0.05, 0.1) is 31.1 Å². The van der Waals surface area contributed by atoms with Gasteiger partial charge in [0.15, 0.2) is 5.96 Å². The van der Waals surface area contributed by atoms with E-state index in [1.54, 1.807) is 44.2 Å². The summed E-state index contributed by atoms with van der Waals surface area (Å²) in [4.78, 5) is 146. The number of hydrogen-bond acceptors (Lipinski definition) is 16. The summed E-state index contributed by atoms with van der Waals surface area (Å²) in [5.41, 5.74) is 23.3. The van der Waals surface area contributed by atoms with Gasteiger partial charge in [0.1, 0.15) is 48.8 Å². The van der Waals surface area contributed by atoms with E-state index in [1.165, 1.54) is 19.4 Å². The highest BCUT2D eigenvalue weighted by atomic mass is 16.4. The van der Waals surface area contributed by atoms with Gasteiger partial charge in [-0.05, 0) is 70.9 Å². The molecular weight excluding hydrogens is 1040 g/mol. The number of aliphatic imine (C=N–C) groups is 1. The van der Waals surface area contributed by atoms with Crippen LogP contribution in [0.4, 0.5) is 0 Å². The minimum atomic E-state index is -1.83. The van der Waals surface area contributed by atoms with Crippen LogP contribution in [-0.2, 0) is 60.8 Å². The summed E-state index contributed by atoms with van der Waals surface area (Å²) in [6, 6.07) is -2.58. The molecule has 11 atom stereocenters. The lowest BCUT2D eigenvalue weighted by atomic mass is 9.96. The summed E-state index contributed by atoms with van der Waals surface area (Å²) in [5.74, 6) is -9.66. The third-order valence-electron chi connectivity index (χ3n) is 12.7. The number of carbonyl (C=O) groups excluding carboxylic acids is 9.